The van der Waals surface area contributed by atoms with E-state index in [2.05, 4.69) is 0 Å². The molecule has 0 saturated carbocycles. The average molecular weight is 590 g/mol. The Morgan fingerprint density at radius 3 is 1.82 bits per heavy atom. The van der Waals surface area contributed by atoms with E-state index in [0.717, 1.165) is 9.87 Å². The summed E-state index contributed by atoms with van der Waals surface area (Å²) in [6.45, 7) is 1.84. The zero-order valence-electron chi connectivity index (χ0n) is 21.0. The van der Waals surface area contributed by atoms with Crippen LogP contribution in [0.4, 0.5) is 5.69 Å². The average Bonchev–Trinajstić information content (AvgIpc) is 2.95. The van der Waals surface area contributed by atoms with Crippen molar-refractivity contribution in [2.75, 3.05) is 4.31 Å². The van der Waals surface area contributed by atoms with Gasteiger partial charge in [0.05, 0.1) is 16.1 Å². The largest absolute Gasteiger partial charge is 0.422 e. The van der Waals surface area contributed by atoms with Crippen molar-refractivity contribution in [3.8, 4) is 5.75 Å². The van der Waals surface area contributed by atoms with Gasteiger partial charge in [-0.15, -0.1) is 0 Å². The Labute approximate surface area is 241 Å². The number of halogens is 2. The van der Waals surface area contributed by atoms with Gasteiger partial charge in [-0.1, -0.05) is 65.2 Å². The summed E-state index contributed by atoms with van der Waals surface area (Å²) < 4.78 is 34.5. The van der Waals surface area contributed by atoms with E-state index in [-0.39, 0.29) is 21.9 Å². The van der Waals surface area contributed by atoms with Gasteiger partial charge in [-0.3, -0.25) is 4.79 Å². The Kier molecular flexibility index (Phi) is 7.63. The van der Waals surface area contributed by atoms with Gasteiger partial charge in [0.2, 0.25) is 0 Å². The molecule has 0 unspecified atom stereocenters. The molecule has 0 N–H and O–H groups in total. The maximum absolute atomic E-state index is 14.0. The van der Waals surface area contributed by atoms with Gasteiger partial charge in [0, 0.05) is 26.4 Å². The Bertz CT molecular complexity index is 1840. The topological polar surface area (TPSA) is 80.8 Å². The fraction of sp³-hybridized carbons (Fsp3) is 0.0323. The van der Waals surface area contributed by atoms with Gasteiger partial charge < -0.3 is 4.74 Å². The first-order valence-corrected chi connectivity index (χ1v) is 14.3. The molecule has 40 heavy (non-hydrogen) atoms. The molecule has 5 rings (SSSR count). The maximum Gasteiger partial charge on any atom is 0.343 e. The van der Waals surface area contributed by atoms with Crippen molar-refractivity contribution in [2.45, 2.75) is 11.8 Å². The fourth-order valence-electron chi connectivity index (χ4n) is 4.14. The second kappa shape index (κ2) is 11.1. The van der Waals surface area contributed by atoms with E-state index in [9.17, 15) is 18.0 Å². The third-order valence-corrected chi connectivity index (χ3v) is 8.41. The lowest BCUT2D eigenvalue weighted by atomic mass is 10.1. The van der Waals surface area contributed by atoms with Crippen LogP contribution in [0.15, 0.2) is 114 Å². The Morgan fingerprint density at radius 2 is 1.23 bits per heavy atom. The van der Waals surface area contributed by atoms with Crippen molar-refractivity contribution in [1.29, 1.82) is 0 Å². The number of esters is 1. The van der Waals surface area contributed by atoms with Crippen LogP contribution >= 0.6 is 23.2 Å². The van der Waals surface area contributed by atoms with E-state index in [1.165, 1.54) is 48.5 Å². The monoisotopic (exact) mass is 589 g/mol. The lowest BCUT2D eigenvalue weighted by Crippen LogP contribution is -2.37. The van der Waals surface area contributed by atoms with Crippen molar-refractivity contribution < 1.29 is 22.7 Å². The first-order chi connectivity index (χ1) is 19.1. The molecule has 200 valence electrons. The summed E-state index contributed by atoms with van der Waals surface area (Å²) in [7, 11) is -4.37. The molecular weight excluding hydrogens is 569 g/mol. The molecule has 0 aliphatic rings. The van der Waals surface area contributed by atoms with E-state index >= 15 is 0 Å². The van der Waals surface area contributed by atoms with E-state index in [0.29, 0.717) is 26.4 Å². The van der Waals surface area contributed by atoms with Gasteiger partial charge in [-0.2, -0.15) is 4.31 Å². The number of hydrogen-bond acceptors (Lipinski definition) is 5. The van der Waals surface area contributed by atoms with Crippen LogP contribution < -0.4 is 9.04 Å². The summed E-state index contributed by atoms with van der Waals surface area (Å²) in [5.41, 5.74) is 1.38. The molecule has 0 atom stereocenters. The smallest absolute Gasteiger partial charge is 0.343 e. The highest BCUT2D eigenvalue weighted by Gasteiger charge is 2.33. The molecule has 0 bridgehead atoms. The van der Waals surface area contributed by atoms with Gasteiger partial charge in [0.25, 0.3) is 15.9 Å². The van der Waals surface area contributed by atoms with Crippen molar-refractivity contribution in [3.05, 3.63) is 136 Å². The van der Waals surface area contributed by atoms with Crippen LogP contribution in [0.25, 0.3) is 10.8 Å². The van der Waals surface area contributed by atoms with E-state index in [1.807, 2.05) is 6.92 Å². The van der Waals surface area contributed by atoms with E-state index in [4.69, 9.17) is 27.9 Å². The summed E-state index contributed by atoms with van der Waals surface area (Å²) >= 11 is 11.9. The minimum atomic E-state index is -4.37. The third kappa shape index (κ3) is 5.45. The van der Waals surface area contributed by atoms with Crippen molar-refractivity contribution in [1.82, 2.24) is 0 Å². The Morgan fingerprint density at radius 1 is 0.675 bits per heavy atom. The maximum atomic E-state index is 14.0. The molecule has 0 saturated heterocycles. The number of carbonyl (C=O) groups is 2. The Hall–Kier alpha value is -4.17. The van der Waals surface area contributed by atoms with Crippen LogP contribution in [0.2, 0.25) is 10.0 Å². The number of amides is 1. The number of aryl methyl sites for hydroxylation is 1. The Balaban J connectivity index is 1.66. The highest BCUT2D eigenvalue weighted by molar-refractivity contribution is 7.93. The number of benzene rings is 5. The highest BCUT2D eigenvalue weighted by Crippen LogP contribution is 2.37. The molecule has 1 amide bonds. The van der Waals surface area contributed by atoms with E-state index < -0.39 is 21.9 Å². The molecule has 0 spiro atoms. The second-order valence-corrected chi connectivity index (χ2v) is 11.6. The third-order valence-electron chi connectivity index (χ3n) is 6.20. The molecule has 5 aromatic carbocycles. The van der Waals surface area contributed by atoms with Gasteiger partial charge in [-0.05, 0) is 79.7 Å². The number of ether oxygens (including phenoxy) is 1. The van der Waals surface area contributed by atoms with Crippen LogP contribution in [0.5, 0.6) is 5.75 Å². The lowest BCUT2D eigenvalue weighted by molar-refractivity contribution is 0.0736. The highest BCUT2D eigenvalue weighted by atomic mass is 35.5. The molecule has 0 radical (unpaired) electrons. The predicted molar refractivity (Wildman–Crippen MR) is 157 cm³/mol. The minimum Gasteiger partial charge on any atom is -0.422 e. The molecular formula is C31H21Cl2NO5S. The van der Waals surface area contributed by atoms with Crippen LogP contribution in [0, 0.1) is 6.92 Å². The van der Waals surface area contributed by atoms with Crippen LogP contribution in [-0.4, -0.2) is 20.3 Å². The zero-order chi connectivity index (χ0) is 28.4. The minimum absolute atomic E-state index is 0.0530. The second-order valence-electron chi connectivity index (χ2n) is 8.92. The van der Waals surface area contributed by atoms with Crippen molar-refractivity contribution in [3.63, 3.8) is 0 Å². The summed E-state index contributed by atoms with van der Waals surface area (Å²) in [5, 5.41) is 1.71. The van der Waals surface area contributed by atoms with Crippen LogP contribution in [0.1, 0.15) is 26.3 Å². The molecule has 5 aromatic rings. The molecule has 0 aliphatic carbocycles. The predicted octanol–water partition coefficient (Wildman–Crippen LogP) is 7.71. The van der Waals surface area contributed by atoms with Crippen molar-refractivity contribution >= 4 is 61.6 Å². The molecule has 0 heterocycles. The van der Waals surface area contributed by atoms with Crippen molar-refractivity contribution in [2.24, 2.45) is 0 Å². The molecule has 0 fully saturated rings. The summed E-state index contributed by atoms with van der Waals surface area (Å²) in [6.07, 6.45) is 0. The summed E-state index contributed by atoms with van der Waals surface area (Å²) in [4.78, 5) is 26.7. The summed E-state index contributed by atoms with van der Waals surface area (Å²) in [6, 6.07) is 28.2. The molecule has 9 heteroatoms. The number of hydrogen-bond donors (Lipinski definition) is 0. The molecule has 6 nitrogen and oxygen atoms in total. The van der Waals surface area contributed by atoms with Crippen LogP contribution in [-0.2, 0) is 10.0 Å². The number of nitrogens with zero attached hydrogens (tertiary/aromatic N) is 1. The van der Waals surface area contributed by atoms with Gasteiger partial charge in [-0.25, -0.2) is 13.2 Å². The SMILES string of the molecule is Cc1ccc(S(=O)(=O)N(C(=O)c2ccc(Cl)cc2)c2ccc(OC(=O)c3ccc(Cl)cc3)c3ccccc23)cc1. The van der Waals surface area contributed by atoms with Crippen LogP contribution in [0.3, 0.4) is 0 Å². The number of carbonyl (C=O) groups excluding carboxylic acids is 2. The fourth-order valence-corrected chi connectivity index (χ4v) is 5.82. The number of anilines is 1. The van der Waals surface area contributed by atoms with E-state index in [1.54, 1.807) is 60.7 Å². The quantitative estimate of drug-likeness (QED) is 0.150. The van der Waals surface area contributed by atoms with Gasteiger partial charge in [0.15, 0.2) is 0 Å². The van der Waals surface area contributed by atoms with Gasteiger partial charge in [0.1, 0.15) is 5.75 Å². The summed E-state index contributed by atoms with van der Waals surface area (Å²) in [5.74, 6) is -1.19. The number of rotatable bonds is 6. The standard InChI is InChI=1S/C31H21Cl2NO5S/c1-20-6-16-25(17-7-20)40(37,38)34(30(35)21-8-12-23(32)13-9-21)28-18-19-29(27-5-3-2-4-26(27)28)39-31(36)22-10-14-24(33)15-11-22/h2-19H,1H3. The number of fused-ring (bicyclic) bond motifs is 1. The lowest BCUT2D eigenvalue weighted by Gasteiger charge is -2.25. The normalized spacial score (nSPS) is 11.3. The first kappa shape index (κ1) is 27.4. The first-order valence-electron chi connectivity index (χ1n) is 12.1. The molecule has 0 aromatic heterocycles. The zero-order valence-corrected chi connectivity index (χ0v) is 23.4. The van der Waals surface area contributed by atoms with Gasteiger partial charge >= 0.3 is 5.97 Å². The molecule has 0 aliphatic heterocycles. The number of sulfonamides is 1.